The number of alkyl halides is 3. The summed E-state index contributed by atoms with van der Waals surface area (Å²) in [6.07, 6.45) is -0.194. The minimum absolute atomic E-state index is 0.0767. The summed E-state index contributed by atoms with van der Waals surface area (Å²) in [4.78, 5) is 18.3. The quantitative estimate of drug-likeness (QED) is 0.784. The molecule has 2 aromatic rings. The molecular formula is C15H16F3N3OS. The van der Waals surface area contributed by atoms with Crippen LogP contribution in [-0.4, -0.2) is 45.7 Å². The molecule has 3 rings (SSSR count). The van der Waals surface area contributed by atoms with Gasteiger partial charge >= 0.3 is 6.18 Å². The Labute approximate surface area is 135 Å². The first-order valence-electron chi connectivity index (χ1n) is 7.29. The van der Waals surface area contributed by atoms with Crippen molar-refractivity contribution in [3.8, 4) is 0 Å². The van der Waals surface area contributed by atoms with Crippen LogP contribution in [0, 0.1) is 5.92 Å². The third kappa shape index (κ3) is 3.04. The fraction of sp³-hybridized carbons (Fsp3) is 0.467. The highest BCUT2D eigenvalue weighted by Crippen LogP contribution is 2.34. The molecule has 4 nitrogen and oxygen atoms in total. The van der Waals surface area contributed by atoms with Crippen LogP contribution in [0.2, 0.25) is 0 Å². The zero-order chi connectivity index (χ0) is 16.6. The highest BCUT2D eigenvalue weighted by atomic mass is 32.2. The summed E-state index contributed by atoms with van der Waals surface area (Å²) in [5.41, 5.74) is 0.841. The summed E-state index contributed by atoms with van der Waals surface area (Å²) in [6.45, 7) is 0.0503. The third-order valence-corrected chi connectivity index (χ3v) is 4.73. The van der Waals surface area contributed by atoms with Crippen molar-refractivity contribution in [1.82, 2.24) is 14.3 Å². The van der Waals surface area contributed by atoms with Crippen LogP contribution in [0.15, 0.2) is 29.6 Å². The maximum atomic E-state index is 12.9. The largest absolute Gasteiger partial charge is 0.393 e. The lowest BCUT2D eigenvalue weighted by atomic mass is 9.97. The fourth-order valence-electron chi connectivity index (χ4n) is 2.89. The molecule has 3 heterocycles. The smallest absolute Gasteiger partial charge is 0.337 e. The number of imidazole rings is 1. The van der Waals surface area contributed by atoms with Crippen LogP contribution in [-0.2, 0) is 0 Å². The number of pyridine rings is 1. The average Bonchev–Trinajstić information content (AvgIpc) is 2.92. The third-order valence-electron chi connectivity index (χ3n) is 4.07. The molecule has 0 bridgehead atoms. The molecule has 0 spiro atoms. The van der Waals surface area contributed by atoms with E-state index in [-0.39, 0.29) is 18.7 Å². The molecule has 0 N–H and O–H groups in total. The summed E-state index contributed by atoms with van der Waals surface area (Å²) >= 11 is 1.39. The maximum Gasteiger partial charge on any atom is 0.393 e. The van der Waals surface area contributed by atoms with Crippen molar-refractivity contribution < 1.29 is 18.0 Å². The second kappa shape index (κ2) is 6.07. The minimum Gasteiger partial charge on any atom is -0.337 e. The zero-order valence-corrected chi connectivity index (χ0v) is 13.3. The molecular weight excluding hydrogens is 327 g/mol. The molecule has 0 aromatic carbocycles. The molecule has 8 heteroatoms. The van der Waals surface area contributed by atoms with Crippen LogP contribution in [0.4, 0.5) is 13.2 Å². The molecule has 0 aliphatic carbocycles. The highest BCUT2D eigenvalue weighted by Gasteiger charge is 2.43. The van der Waals surface area contributed by atoms with Crippen LogP contribution in [0.3, 0.4) is 0 Å². The number of hydrogen-bond acceptors (Lipinski definition) is 3. The Bertz CT molecular complexity index is 728. The molecule has 1 aliphatic heterocycles. The lowest BCUT2D eigenvalue weighted by molar-refractivity contribution is -0.184. The first kappa shape index (κ1) is 16.2. The fourth-order valence-corrected chi connectivity index (χ4v) is 3.43. The predicted octanol–water partition coefficient (Wildman–Crippen LogP) is 3.47. The monoisotopic (exact) mass is 343 g/mol. The van der Waals surface area contributed by atoms with Gasteiger partial charge in [-0.25, -0.2) is 4.98 Å². The van der Waals surface area contributed by atoms with Crippen molar-refractivity contribution in [2.45, 2.75) is 24.2 Å². The number of rotatable bonds is 2. The van der Waals surface area contributed by atoms with Crippen molar-refractivity contribution in [2.75, 3.05) is 19.3 Å². The average molecular weight is 343 g/mol. The maximum absolute atomic E-state index is 12.9. The van der Waals surface area contributed by atoms with Crippen molar-refractivity contribution >= 4 is 23.2 Å². The van der Waals surface area contributed by atoms with E-state index in [1.165, 1.54) is 16.7 Å². The van der Waals surface area contributed by atoms with E-state index in [2.05, 4.69) is 4.98 Å². The van der Waals surface area contributed by atoms with E-state index in [0.717, 1.165) is 0 Å². The van der Waals surface area contributed by atoms with Crippen molar-refractivity contribution in [1.29, 1.82) is 0 Å². The number of halogens is 3. The van der Waals surface area contributed by atoms with Crippen molar-refractivity contribution in [3.05, 3.63) is 30.1 Å². The number of hydrogen-bond donors (Lipinski definition) is 0. The van der Waals surface area contributed by atoms with Crippen LogP contribution < -0.4 is 0 Å². The van der Waals surface area contributed by atoms with Crippen LogP contribution in [0.5, 0.6) is 0 Å². The number of amides is 1. The molecule has 23 heavy (non-hydrogen) atoms. The number of carbonyl (C=O) groups is 1. The number of aromatic nitrogens is 2. The number of piperidine rings is 1. The Morgan fingerprint density at radius 3 is 2.87 bits per heavy atom. The summed E-state index contributed by atoms with van der Waals surface area (Å²) in [7, 11) is 0. The number of carbonyl (C=O) groups excluding carboxylic acids is 1. The number of likely N-dealkylation sites (tertiary alicyclic amines) is 1. The predicted molar refractivity (Wildman–Crippen MR) is 81.7 cm³/mol. The Balaban J connectivity index is 1.91. The second-order valence-electron chi connectivity index (χ2n) is 5.53. The summed E-state index contributed by atoms with van der Waals surface area (Å²) in [5, 5.41) is 0.647. The van der Waals surface area contributed by atoms with Crippen molar-refractivity contribution in [2.24, 2.45) is 5.92 Å². The number of fused-ring (bicyclic) bond motifs is 1. The summed E-state index contributed by atoms with van der Waals surface area (Å²) in [6, 6.07) is 5.36. The van der Waals surface area contributed by atoms with Crippen LogP contribution in [0.1, 0.15) is 23.3 Å². The van der Waals surface area contributed by atoms with Crippen molar-refractivity contribution in [3.63, 3.8) is 0 Å². The van der Waals surface area contributed by atoms with Gasteiger partial charge in [0.15, 0.2) is 10.9 Å². The molecule has 124 valence electrons. The minimum atomic E-state index is -4.26. The van der Waals surface area contributed by atoms with Gasteiger partial charge in [0.1, 0.15) is 0 Å². The van der Waals surface area contributed by atoms with Crippen LogP contribution in [0.25, 0.3) is 5.52 Å². The Morgan fingerprint density at radius 2 is 2.17 bits per heavy atom. The Kier molecular flexibility index (Phi) is 4.27. The van der Waals surface area contributed by atoms with Gasteiger partial charge in [-0.2, -0.15) is 13.2 Å². The van der Waals surface area contributed by atoms with E-state index >= 15 is 0 Å². The van der Waals surface area contributed by atoms with Gasteiger partial charge in [0, 0.05) is 19.3 Å². The van der Waals surface area contributed by atoms with E-state index in [9.17, 15) is 18.0 Å². The Morgan fingerprint density at radius 1 is 1.39 bits per heavy atom. The highest BCUT2D eigenvalue weighted by molar-refractivity contribution is 7.98. The lowest BCUT2D eigenvalue weighted by Gasteiger charge is -2.33. The number of nitrogens with zero attached hydrogens (tertiary/aromatic N) is 3. The van der Waals surface area contributed by atoms with Gasteiger partial charge < -0.3 is 4.90 Å². The van der Waals surface area contributed by atoms with Gasteiger partial charge in [0.2, 0.25) is 0 Å². The SMILES string of the molecule is CSc1nc(C(=O)N2CCC[C@@H](C(F)(F)F)C2)c2ccccn12. The van der Waals surface area contributed by atoms with E-state index < -0.39 is 18.0 Å². The molecule has 1 amide bonds. The molecule has 2 aromatic heterocycles. The molecule has 1 fully saturated rings. The van der Waals surface area contributed by atoms with E-state index in [1.807, 2.05) is 12.3 Å². The molecule has 0 radical (unpaired) electrons. The normalized spacial score (nSPS) is 19.3. The zero-order valence-electron chi connectivity index (χ0n) is 12.5. The molecule has 0 unspecified atom stereocenters. The summed E-state index contributed by atoms with van der Waals surface area (Å²) in [5.74, 6) is -1.88. The van der Waals surface area contributed by atoms with Gasteiger partial charge in [-0.15, -0.1) is 0 Å². The van der Waals surface area contributed by atoms with E-state index in [1.54, 1.807) is 22.7 Å². The van der Waals surface area contributed by atoms with E-state index in [4.69, 9.17) is 0 Å². The molecule has 1 atom stereocenters. The van der Waals surface area contributed by atoms with Gasteiger partial charge in [0.25, 0.3) is 5.91 Å². The second-order valence-corrected chi connectivity index (χ2v) is 6.31. The van der Waals surface area contributed by atoms with E-state index in [0.29, 0.717) is 23.6 Å². The molecule has 1 saturated heterocycles. The summed E-state index contributed by atoms with van der Waals surface area (Å²) < 4.78 is 40.6. The number of thioether (sulfide) groups is 1. The molecule has 1 aliphatic rings. The van der Waals surface area contributed by atoms with Gasteiger partial charge in [-0.3, -0.25) is 9.20 Å². The lowest BCUT2D eigenvalue weighted by Crippen LogP contribution is -2.44. The van der Waals surface area contributed by atoms with Gasteiger partial charge in [-0.05, 0) is 31.2 Å². The first-order valence-corrected chi connectivity index (χ1v) is 8.51. The standard InChI is InChI=1S/C15H16F3N3OS/c1-23-14-19-12(11-6-2-3-8-21(11)14)13(22)20-7-4-5-10(9-20)15(16,17)18/h2-3,6,8,10H,4-5,7,9H2,1H3/t10-/m1/s1. The Hall–Kier alpha value is -1.70. The van der Waals surface area contributed by atoms with Gasteiger partial charge in [0.05, 0.1) is 11.4 Å². The van der Waals surface area contributed by atoms with Gasteiger partial charge in [-0.1, -0.05) is 17.8 Å². The van der Waals surface area contributed by atoms with Crippen LogP contribution >= 0.6 is 11.8 Å². The topological polar surface area (TPSA) is 37.6 Å². The first-order chi connectivity index (χ1) is 10.9. The molecule has 0 saturated carbocycles.